The summed E-state index contributed by atoms with van der Waals surface area (Å²) in [5.74, 6) is 5.62. The molecule has 0 spiro atoms. The van der Waals surface area contributed by atoms with Crippen LogP contribution in [-0.2, 0) is 0 Å². The molecule has 0 saturated carbocycles. The molecule has 0 saturated heterocycles. The molecule has 3 N–H and O–H groups in total. The fourth-order valence-electron chi connectivity index (χ4n) is 2.09. The van der Waals surface area contributed by atoms with Gasteiger partial charge in [0.1, 0.15) is 6.33 Å². The Labute approximate surface area is 109 Å². The van der Waals surface area contributed by atoms with Gasteiger partial charge in [-0.2, -0.15) is 5.10 Å². The zero-order valence-corrected chi connectivity index (χ0v) is 10.8. The maximum Gasteiger partial charge on any atom is 0.168 e. The van der Waals surface area contributed by atoms with Gasteiger partial charge in [-0.1, -0.05) is 12.1 Å². The normalized spacial score (nSPS) is 11.1. The number of nitrogen functional groups attached to an aromatic ring is 1. The molecule has 0 atom stereocenters. The Morgan fingerprint density at radius 2 is 2.05 bits per heavy atom. The fraction of sp³-hybridized carbons (Fsp3) is 0.154. The van der Waals surface area contributed by atoms with Gasteiger partial charge in [0.25, 0.3) is 0 Å². The van der Waals surface area contributed by atoms with Crippen LogP contribution in [-0.4, -0.2) is 19.4 Å². The van der Waals surface area contributed by atoms with E-state index in [4.69, 9.17) is 11.3 Å². The van der Waals surface area contributed by atoms with E-state index in [2.05, 4.69) is 23.1 Å². The second-order valence-electron chi connectivity index (χ2n) is 4.51. The van der Waals surface area contributed by atoms with Crippen molar-refractivity contribution in [2.24, 2.45) is 0 Å². The molecule has 0 bridgehead atoms. The highest BCUT2D eigenvalue weighted by molar-refractivity contribution is 5.75. The van der Waals surface area contributed by atoms with E-state index >= 15 is 0 Å². The molecule has 0 aliphatic rings. The van der Waals surface area contributed by atoms with Gasteiger partial charge in [-0.3, -0.25) is 5.41 Å². The van der Waals surface area contributed by atoms with E-state index in [1.807, 2.05) is 19.1 Å². The third-order valence-electron chi connectivity index (χ3n) is 3.37. The van der Waals surface area contributed by atoms with Gasteiger partial charge in [0, 0.05) is 0 Å². The van der Waals surface area contributed by atoms with E-state index in [9.17, 15) is 0 Å². The van der Waals surface area contributed by atoms with Crippen LogP contribution in [0.3, 0.4) is 0 Å². The number of benzene rings is 1. The molecule has 6 heteroatoms. The van der Waals surface area contributed by atoms with E-state index in [-0.39, 0.29) is 5.49 Å². The Morgan fingerprint density at radius 1 is 1.26 bits per heavy atom. The lowest BCUT2D eigenvalue weighted by molar-refractivity contribution is 0.848. The summed E-state index contributed by atoms with van der Waals surface area (Å²) in [6.45, 7) is 4.10. The van der Waals surface area contributed by atoms with Crippen LogP contribution in [0.1, 0.15) is 11.1 Å². The summed E-state index contributed by atoms with van der Waals surface area (Å²) < 4.78 is 2.92. The third kappa shape index (κ3) is 1.61. The first-order valence-corrected chi connectivity index (χ1v) is 5.91. The molecule has 0 fully saturated rings. The number of hydrogen-bond donors (Lipinski definition) is 2. The highest BCUT2D eigenvalue weighted by atomic mass is 15.3. The summed E-state index contributed by atoms with van der Waals surface area (Å²) >= 11 is 0. The number of nitrogens with zero attached hydrogens (tertiary/aromatic N) is 4. The number of aryl methyl sites for hydroxylation is 1. The molecule has 2 aromatic heterocycles. The second-order valence-corrected chi connectivity index (χ2v) is 4.51. The standard InChI is InChI=1S/C13H14N6/c1-8-4-3-5-11(9(8)2)19-13-10(6-17-19)12(14)18(15)7-16-13/h3-7,14H,15H2,1-2H3. The predicted octanol–water partition coefficient (Wildman–Crippen LogP) is 1.03. The van der Waals surface area contributed by atoms with Crippen molar-refractivity contribution in [1.82, 2.24) is 19.4 Å². The Kier molecular flexibility index (Phi) is 2.38. The molecule has 0 unspecified atom stereocenters. The number of rotatable bonds is 1. The first-order chi connectivity index (χ1) is 9.09. The number of fused-ring (bicyclic) bond motifs is 1. The third-order valence-corrected chi connectivity index (χ3v) is 3.37. The minimum Gasteiger partial charge on any atom is -0.336 e. The van der Waals surface area contributed by atoms with Crippen LogP contribution in [0.2, 0.25) is 0 Å². The molecule has 2 heterocycles. The lowest BCUT2D eigenvalue weighted by Crippen LogP contribution is -2.27. The molecule has 0 aliphatic heterocycles. The van der Waals surface area contributed by atoms with Crippen molar-refractivity contribution in [2.45, 2.75) is 13.8 Å². The lowest BCUT2D eigenvalue weighted by atomic mass is 10.1. The Hall–Kier alpha value is -2.63. The van der Waals surface area contributed by atoms with Gasteiger partial charge in [0.2, 0.25) is 0 Å². The van der Waals surface area contributed by atoms with Gasteiger partial charge in [-0.15, -0.1) is 0 Å². The molecular formula is C13H14N6. The SMILES string of the molecule is Cc1cccc(-n2ncc3c(=N)n(N)cnc32)c1C. The van der Waals surface area contributed by atoms with Crippen LogP contribution >= 0.6 is 0 Å². The van der Waals surface area contributed by atoms with Crippen molar-refractivity contribution in [3.63, 3.8) is 0 Å². The fourth-order valence-corrected chi connectivity index (χ4v) is 2.09. The van der Waals surface area contributed by atoms with E-state index < -0.39 is 0 Å². The van der Waals surface area contributed by atoms with Crippen molar-refractivity contribution in [2.75, 3.05) is 5.84 Å². The smallest absolute Gasteiger partial charge is 0.168 e. The van der Waals surface area contributed by atoms with Crippen molar-refractivity contribution in [1.29, 1.82) is 5.41 Å². The minimum atomic E-state index is 0.196. The van der Waals surface area contributed by atoms with E-state index in [1.54, 1.807) is 10.9 Å². The van der Waals surface area contributed by atoms with E-state index in [1.165, 1.54) is 16.6 Å². The summed E-state index contributed by atoms with van der Waals surface area (Å²) in [5.41, 5.74) is 4.14. The summed E-state index contributed by atoms with van der Waals surface area (Å²) in [6, 6.07) is 6.03. The quantitative estimate of drug-likeness (QED) is 0.636. The maximum atomic E-state index is 7.90. The van der Waals surface area contributed by atoms with Gasteiger partial charge in [-0.05, 0) is 31.0 Å². The summed E-state index contributed by atoms with van der Waals surface area (Å²) in [7, 11) is 0. The largest absolute Gasteiger partial charge is 0.336 e. The first-order valence-electron chi connectivity index (χ1n) is 5.91. The van der Waals surface area contributed by atoms with Gasteiger partial charge in [-0.25, -0.2) is 14.3 Å². The Morgan fingerprint density at radius 3 is 2.84 bits per heavy atom. The van der Waals surface area contributed by atoms with Crippen LogP contribution in [0.5, 0.6) is 0 Å². The summed E-state index contributed by atoms with van der Waals surface area (Å²) in [4.78, 5) is 4.27. The van der Waals surface area contributed by atoms with Crippen molar-refractivity contribution in [3.05, 3.63) is 47.3 Å². The molecule has 0 aliphatic carbocycles. The average Bonchev–Trinajstić information content (AvgIpc) is 2.82. The monoisotopic (exact) mass is 254 g/mol. The molecule has 19 heavy (non-hydrogen) atoms. The van der Waals surface area contributed by atoms with Crippen LogP contribution in [0.25, 0.3) is 16.7 Å². The van der Waals surface area contributed by atoms with Gasteiger partial charge in [0.05, 0.1) is 17.3 Å². The zero-order valence-electron chi connectivity index (χ0n) is 10.8. The number of hydrogen-bond acceptors (Lipinski definition) is 4. The van der Waals surface area contributed by atoms with Gasteiger partial charge < -0.3 is 5.84 Å². The highest BCUT2D eigenvalue weighted by Crippen LogP contribution is 2.19. The second kappa shape index (κ2) is 3.94. The molecule has 96 valence electrons. The Bertz CT molecular complexity index is 827. The highest BCUT2D eigenvalue weighted by Gasteiger charge is 2.11. The van der Waals surface area contributed by atoms with Crippen LogP contribution < -0.4 is 11.3 Å². The first kappa shape index (κ1) is 11.5. The molecule has 3 rings (SSSR count). The maximum absolute atomic E-state index is 7.90. The molecule has 1 aromatic carbocycles. The minimum absolute atomic E-state index is 0.196. The van der Waals surface area contributed by atoms with E-state index in [0.717, 1.165) is 11.3 Å². The predicted molar refractivity (Wildman–Crippen MR) is 72.3 cm³/mol. The van der Waals surface area contributed by atoms with Crippen molar-refractivity contribution < 1.29 is 0 Å². The number of aromatic nitrogens is 4. The number of nitrogens with one attached hydrogen (secondary N) is 1. The zero-order chi connectivity index (χ0) is 13.6. The molecule has 3 aromatic rings. The van der Waals surface area contributed by atoms with Gasteiger partial charge in [0.15, 0.2) is 11.1 Å². The Balaban J connectivity index is 2.36. The summed E-state index contributed by atoms with van der Waals surface area (Å²) in [5, 5.41) is 12.9. The molecule has 6 nitrogen and oxygen atoms in total. The van der Waals surface area contributed by atoms with Gasteiger partial charge >= 0.3 is 0 Å². The summed E-state index contributed by atoms with van der Waals surface area (Å²) in [6.07, 6.45) is 3.05. The van der Waals surface area contributed by atoms with Crippen molar-refractivity contribution in [3.8, 4) is 5.69 Å². The van der Waals surface area contributed by atoms with Crippen LogP contribution in [0, 0.1) is 19.3 Å². The van der Waals surface area contributed by atoms with Crippen molar-refractivity contribution >= 4 is 11.0 Å². The average molecular weight is 254 g/mol. The molecule has 0 amide bonds. The topological polar surface area (TPSA) is 85.5 Å². The van der Waals surface area contributed by atoms with Crippen LogP contribution in [0.15, 0.2) is 30.7 Å². The molecule has 0 radical (unpaired) electrons. The van der Waals surface area contributed by atoms with Crippen LogP contribution in [0.4, 0.5) is 0 Å². The number of nitrogens with two attached hydrogens (primary N) is 1. The van der Waals surface area contributed by atoms with E-state index in [0.29, 0.717) is 11.0 Å². The lowest BCUT2D eigenvalue weighted by Gasteiger charge is -2.09. The molecular weight excluding hydrogens is 240 g/mol.